The zero-order valence-electron chi connectivity index (χ0n) is 13.5. The minimum atomic E-state index is -0.206. The number of rotatable bonds is 3. The highest BCUT2D eigenvalue weighted by Gasteiger charge is 2.35. The van der Waals surface area contributed by atoms with Crippen molar-refractivity contribution in [3.05, 3.63) is 64.5 Å². The van der Waals surface area contributed by atoms with Crippen LogP contribution in [0.1, 0.15) is 11.8 Å². The Morgan fingerprint density at radius 1 is 1.12 bits per heavy atom. The molecule has 1 fully saturated rings. The molecule has 0 unspecified atom stereocenters. The molecule has 8 heteroatoms. The van der Waals surface area contributed by atoms with Gasteiger partial charge in [0.25, 0.3) is 0 Å². The Morgan fingerprint density at radius 2 is 1.88 bits per heavy atom. The third kappa shape index (κ3) is 3.38. The van der Waals surface area contributed by atoms with E-state index in [1.54, 1.807) is 23.1 Å². The smallest absolute Gasteiger partial charge is 0.321 e. The summed E-state index contributed by atoms with van der Waals surface area (Å²) in [4.78, 5) is 18.4. The molecule has 2 aromatic carbocycles. The lowest BCUT2D eigenvalue weighted by Crippen LogP contribution is -2.50. The number of anilines is 1. The van der Waals surface area contributed by atoms with Gasteiger partial charge in [-0.25, -0.2) is 4.79 Å². The van der Waals surface area contributed by atoms with Crippen molar-refractivity contribution in [2.45, 2.75) is 5.92 Å². The van der Waals surface area contributed by atoms with E-state index in [0.29, 0.717) is 40.5 Å². The van der Waals surface area contributed by atoms with Crippen LogP contribution < -0.4 is 5.32 Å². The molecule has 0 radical (unpaired) electrons. The lowest BCUT2D eigenvalue weighted by atomic mass is 10.0. The zero-order valence-corrected chi connectivity index (χ0v) is 15.0. The molecule has 0 saturated carbocycles. The van der Waals surface area contributed by atoms with E-state index >= 15 is 0 Å². The predicted octanol–water partition coefficient (Wildman–Crippen LogP) is 4.67. The number of nitrogens with one attached hydrogen (secondary N) is 1. The summed E-state index contributed by atoms with van der Waals surface area (Å²) in [7, 11) is 0. The van der Waals surface area contributed by atoms with Crippen molar-refractivity contribution in [2.24, 2.45) is 0 Å². The molecular weight excluding hydrogens is 375 g/mol. The third-order valence-electron chi connectivity index (χ3n) is 4.16. The number of carbonyl (C=O) groups is 1. The van der Waals surface area contributed by atoms with Gasteiger partial charge in [-0.05, 0) is 18.2 Å². The maximum atomic E-state index is 12.3. The van der Waals surface area contributed by atoms with Gasteiger partial charge in [0.1, 0.15) is 0 Å². The fraction of sp³-hybridized carbons (Fsp3) is 0.167. The van der Waals surface area contributed by atoms with E-state index in [0.717, 1.165) is 5.56 Å². The first-order valence-electron chi connectivity index (χ1n) is 8.00. The molecule has 1 aliphatic rings. The van der Waals surface area contributed by atoms with E-state index in [1.807, 2.05) is 30.3 Å². The lowest BCUT2D eigenvalue weighted by molar-refractivity contribution is 0.147. The normalized spacial score (nSPS) is 14.2. The van der Waals surface area contributed by atoms with Gasteiger partial charge in [-0.1, -0.05) is 58.7 Å². The van der Waals surface area contributed by atoms with Gasteiger partial charge in [0.2, 0.25) is 11.7 Å². The molecule has 3 aromatic rings. The second kappa shape index (κ2) is 6.97. The van der Waals surface area contributed by atoms with Gasteiger partial charge < -0.3 is 14.7 Å². The van der Waals surface area contributed by atoms with Crippen molar-refractivity contribution >= 4 is 34.9 Å². The summed E-state index contributed by atoms with van der Waals surface area (Å²) in [6, 6.07) is 14.4. The number of hydrogen-bond acceptors (Lipinski definition) is 4. The predicted molar refractivity (Wildman–Crippen MR) is 99.5 cm³/mol. The van der Waals surface area contributed by atoms with Crippen molar-refractivity contribution < 1.29 is 9.32 Å². The first-order chi connectivity index (χ1) is 12.6. The topological polar surface area (TPSA) is 71.3 Å². The molecule has 2 amide bonds. The van der Waals surface area contributed by atoms with Crippen molar-refractivity contribution in [3.8, 4) is 11.4 Å². The lowest BCUT2D eigenvalue weighted by Gasteiger charge is -2.36. The van der Waals surface area contributed by atoms with Crippen LogP contribution >= 0.6 is 23.2 Å². The Hall–Kier alpha value is -2.57. The number of halogens is 2. The summed E-state index contributed by atoms with van der Waals surface area (Å²) in [5.74, 6) is 1.14. The minimum absolute atomic E-state index is 0.0412. The Kier molecular flexibility index (Phi) is 4.53. The van der Waals surface area contributed by atoms with Gasteiger partial charge in [-0.3, -0.25) is 0 Å². The monoisotopic (exact) mass is 388 g/mol. The number of amides is 2. The van der Waals surface area contributed by atoms with Crippen molar-refractivity contribution in [3.63, 3.8) is 0 Å². The molecule has 1 saturated heterocycles. The number of urea groups is 1. The van der Waals surface area contributed by atoms with Crippen LogP contribution in [0.2, 0.25) is 10.0 Å². The average Bonchev–Trinajstić information content (AvgIpc) is 3.07. The van der Waals surface area contributed by atoms with Crippen molar-refractivity contribution in [1.82, 2.24) is 15.0 Å². The van der Waals surface area contributed by atoms with Crippen molar-refractivity contribution in [1.29, 1.82) is 0 Å². The number of aromatic nitrogens is 2. The maximum Gasteiger partial charge on any atom is 0.321 e. The average molecular weight is 389 g/mol. The molecule has 132 valence electrons. The van der Waals surface area contributed by atoms with Gasteiger partial charge in [-0.2, -0.15) is 4.98 Å². The molecular formula is C18H14Cl2N4O2. The largest absolute Gasteiger partial charge is 0.339 e. The van der Waals surface area contributed by atoms with Gasteiger partial charge in [0.15, 0.2) is 0 Å². The fourth-order valence-corrected chi connectivity index (χ4v) is 2.98. The summed E-state index contributed by atoms with van der Waals surface area (Å²) in [5.41, 5.74) is 1.49. The maximum absolute atomic E-state index is 12.3. The molecule has 1 aromatic heterocycles. The number of carbonyl (C=O) groups excluding carboxylic acids is 1. The summed E-state index contributed by atoms with van der Waals surface area (Å²) in [5, 5.41) is 7.64. The number of benzene rings is 2. The Balaban J connectivity index is 1.36. The van der Waals surface area contributed by atoms with Gasteiger partial charge in [-0.15, -0.1) is 0 Å². The molecule has 26 heavy (non-hydrogen) atoms. The van der Waals surface area contributed by atoms with Crippen LogP contribution in [0.25, 0.3) is 11.4 Å². The van der Waals surface area contributed by atoms with Crippen LogP contribution in [-0.4, -0.2) is 34.2 Å². The SMILES string of the molecule is O=C(Nc1ccc(Cl)c(Cl)c1)N1CC(c2nc(-c3ccccc3)no2)C1. The second-order valence-corrected chi connectivity index (χ2v) is 6.80. The molecule has 0 aliphatic carbocycles. The highest BCUT2D eigenvalue weighted by Crippen LogP contribution is 2.29. The Bertz CT molecular complexity index is 939. The van der Waals surface area contributed by atoms with E-state index in [1.165, 1.54) is 0 Å². The van der Waals surface area contributed by atoms with Crippen LogP contribution in [0.15, 0.2) is 53.1 Å². The number of hydrogen-bond donors (Lipinski definition) is 1. The van der Waals surface area contributed by atoms with Gasteiger partial charge >= 0.3 is 6.03 Å². The van der Waals surface area contributed by atoms with E-state index in [9.17, 15) is 4.79 Å². The van der Waals surface area contributed by atoms with Crippen LogP contribution in [0.5, 0.6) is 0 Å². The molecule has 1 aliphatic heterocycles. The summed E-state index contributed by atoms with van der Waals surface area (Å²) in [6.45, 7) is 1.03. The van der Waals surface area contributed by atoms with E-state index < -0.39 is 0 Å². The minimum Gasteiger partial charge on any atom is -0.339 e. The number of nitrogens with zero attached hydrogens (tertiary/aromatic N) is 3. The molecule has 2 heterocycles. The second-order valence-electron chi connectivity index (χ2n) is 5.98. The summed E-state index contributed by atoms with van der Waals surface area (Å²) < 4.78 is 5.35. The molecule has 0 atom stereocenters. The van der Waals surface area contributed by atoms with E-state index in [-0.39, 0.29) is 11.9 Å². The molecule has 4 rings (SSSR count). The van der Waals surface area contributed by atoms with Crippen LogP contribution in [0.4, 0.5) is 10.5 Å². The highest BCUT2D eigenvalue weighted by atomic mass is 35.5. The van der Waals surface area contributed by atoms with Gasteiger partial charge in [0, 0.05) is 24.3 Å². The van der Waals surface area contributed by atoms with Crippen LogP contribution in [0, 0.1) is 0 Å². The van der Waals surface area contributed by atoms with Crippen LogP contribution in [-0.2, 0) is 0 Å². The van der Waals surface area contributed by atoms with E-state index in [4.69, 9.17) is 27.7 Å². The number of likely N-dealkylation sites (tertiary alicyclic amines) is 1. The highest BCUT2D eigenvalue weighted by molar-refractivity contribution is 6.42. The molecule has 6 nitrogen and oxygen atoms in total. The molecule has 0 spiro atoms. The Labute approximate surface area is 159 Å². The fourth-order valence-electron chi connectivity index (χ4n) is 2.68. The van der Waals surface area contributed by atoms with E-state index in [2.05, 4.69) is 15.5 Å². The first kappa shape index (κ1) is 16.9. The molecule has 0 bridgehead atoms. The van der Waals surface area contributed by atoms with Crippen molar-refractivity contribution in [2.75, 3.05) is 18.4 Å². The van der Waals surface area contributed by atoms with Gasteiger partial charge in [0.05, 0.1) is 16.0 Å². The Morgan fingerprint density at radius 3 is 2.62 bits per heavy atom. The first-order valence-corrected chi connectivity index (χ1v) is 8.76. The summed E-state index contributed by atoms with van der Waals surface area (Å²) in [6.07, 6.45) is 0. The third-order valence-corrected chi connectivity index (χ3v) is 4.90. The quantitative estimate of drug-likeness (QED) is 0.707. The standard InChI is InChI=1S/C18H14Cl2N4O2/c19-14-7-6-13(8-15(14)20)21-18(25)24-9-12(10-24)17-22-16(23-26-17)11-4-2-1-3-5-11/h1-8,12H,9-10H2,(H,21,25). The zero-order chi connectivity index (χ0) is 18.1. The van der Waals surface area contributed by atoms with Crippen LogP contribution in [0.3, 0.4) is 0 Å². The summed E-state index contributed by atoms with van der Waals surface area (Å²) >= 11 is 11.8. The molecule has 1 N–H and O–H groups in total.